The molecule has 0 bridgehead atoms. The van der Waals surface area contributed by atoms with Crippen molar-refractivity contribution in [2.45, 2.75) is 0 Å². The van der Waals surface area contributed by atoms with E-state index >= 15 is 0 Å². The molecule has 20 heavy (non-hydrogen) atoms. The van der Waals surface area contributed by atoms with Crippen LogP contribution in [0.1, 0.15) is 0 Å². The van der Waals surface area contributed by atoms with Gasteiger partial charge in [-0.25, -0.2) is 9.97 Å². The average molecular weight is 262 g/mol. The fraction of sp³-hybridized carbons (Fsp3) is 0. The highest BCUT2D eigenvalue weighted by atomic mass is 16.1. The first-order valence-electron chi connectivity index (χ1n) is 6.23. The quantitative estimate of drug-likeness (QED) is 0.572. The molecule has 0 atom stereocenters. The van der Waals surface area contributed by atoms with Crippen LogP contribution in [0, 0.1) is 0 Å². The lowest BCUT2D eigenvalue weighted by Crippen LogP contribution is -2.13. The van der Waals surface area contributed by atoms with Gasteiger partial charge in [0, 0.05) is 35.6 Å². The van der Waals surface area contributed by atoms with E-state index in [0.29, 0.717) is 11.3 Å². The van der Waals surface area contributed by atoms with Gasteiger partial charge < -0.3 is 4.98 Å². The van der Waals surface area contributed by atoms with Crippen LogP contribution in [0.4, 0.5) is 0 Å². The molecular weight excluding hydrogens is 252 g/mol. The first kappa shape index (κ1) is 10.9. The molecule has 0 saturated heterocycles. The second-order valence-corrected chi connectivity index (χ2v) is 4.55. The minimum atomic E-state index is -0.0974. The van der Waals surface area contributed by atoms with E-state index < -0.39 is 0 Å². The van der Waals surface area contributed by atoms with Gasteiger partial charge in [-0.05, 0) is 24.3 Å². The van der Waals surface area contributed by atoms with E-state index in [9.17, 15) is 4.79 Å². The van der Waals surface area contributed by atoms with Crippen LogP contribution in [-0.4, -0.2) is 19.4 Å². The molecule has 0 saturated carbocycles. The second kappa shape index (κ2) is 4.03. The van der Waals surface area contributed by atoms with E-state index in [4.69, 9.17) is 0 Å². The van der Waals surface area contributed by atoms with E-state index in [1.165, 1.54) is 10.5 Å². The summed E-state index contributed by atoms with van der Waals surface area (Å²) in [5, 5.41) is 0.998. The van der Waals surface area contributed by atoms with E-state index in [1.807, 2.05) is 36.5 Å². The summed E-state index contributed by atoms with van der Waals surface area (Å²) >= 11 is 0. The van der Waals surface area contributed by atoms with Gasteiger partial charge in [0.1, 0.15) is 11.3 Å². The third-order valence-electron chi connectivity index (χ3n) is 3.27. The Morgan fingerprint density at radius 1 is 1.15 bits per heavy atom. The number of fused-ring (bicyclic) bond motifs is 2. The summed E-state index contributed by atoms with van der Waals surface area (Å²) < 4.78 is 1.52. The van der Waals surface area contributed by atoms with Gasteiger partial charge >= 0.3 is 0 Å². The highest BCUT2D eigenvalue weighted by Crippen LogP contribution is 2.19. The van der Waals surface area contributed by atoms with Crippen molar-refractivity contribution >= 4 is 16.7 Å². The van der Waals surface area contributed by atoms with Gasteiger partial charge in [-0.1, -0.05) is 6.07 Å². The number of H-pyrrole nitrogens is 1. The van der Waals surface area contributed by atoms with Crippen LogP contribution in [-0.2, 0) is 0 Å². The van der Waals surface area contributed by atoms with Crippen molar-refractivity contribution in [1.29, 1.82) is 0 Å². The smallest absolute Gasteiger partial charge is 0.258 e. The zero-order chi connectivity index (χ0) is 13.5. The molecule has 4 rings (SSSR count). The molecule has 0 aliphatic carbocycles. The summed E-state index contributed by atoms with van der Waals surface area (Å²) in [7, 11) is 0. The Balaban J connectivity index is 1.99. The average Bonchev–Trinajstić information content (AvgIpc) is 2.94. The molecule has 0 aliphatic rings. The van der Waals surface area contributed by atoms with Crippen molar-refractivity contribution < 1.29 is 0 Å². The minimum Gasteiger partial charge on any atom is -0.346 e. The molecule has 0 radical (unpaired) electrons. The Morgan fingerprint density at radius 3 is 3.05 bits per heavy atom. The number of nitrogens with zero attached hydrogens (tertiary/aromatic N) is 3. The summed E-state index contributed by atoms with van der Waals surface area (Å²) in [5.41, 5.74) is 2.83. The normalized spacial score (nSPS) is 11.2. The monoisotopic (exact) mass is 262 g/mol. The topological polar surface area (TPSA) is 63.0 Å². The summed E-state index contributed by atoms with van der Waals surface area (Å²) in [6, 6.07) is 10.9. The Kier molecular flexibility index (Phi) is 2.20. The number of aromatic amines is 1. The van der Waals surface area contributed by atoms with Crippen LogP contribution in [0.3, 0.4) is 0 Å². The maximum atomic E-state index is 12.1. The molecule has 4 aromatic heterocycles. The van der Waals surface area contributed by atoms with Gasteiger partial charge in [-0.3, -0.25) is 9.20 Å². The fourth-order valence-corrected chi connectivity index (χ4v) is 2.28. The second-order valence-electron chi connectivity index (χ2n) is 4.55. The molecule has 4 heterocycles. The number of hydrogen-bond donors (Lipinski definition) is 1. The van der Waals surface area contributed by atoms with E-state index in [2.05, 4.69) is 15.0 Å². The Bertz CT molecular complexity index is 984. The third-order valence-corrected chi connectivity index (χ3v) is 3.27. The van der Waals surface area contributed by atoms with Crippen molar-refractivity contribution in [2.75, 3.05) is 0 Å². The number of rotatable bonds is 1. The molecule has 0 aliphatic heterocycles. The van der Waals surface area contributed by atoms with Gasteiger partial charge in [0.2, 0.25) is 0 Å². The zero-order valence-corrected chi connectivity index (χ0v) is 10.4. The Hall–Kier alpha value is -2.95. The predicted molar refractivity (Wildman–Crippen MR) is 76.5 cm³/mol. The molecule has 5 nitrogen and oxygen atoms in total. The molecule has 1 N–H and O–H groups in total. The summed E-state index contributed by atoms with van der Waals surface area (Å²) in [6.07, 6.45) is 5.27. The first-order chi connectivity index (χ1) is 9.81. The highest BCUT2D eigenvalue weighted by molar-refractivity contribution is 5.80. The number of aromatic nitrogens is 4. The minimum absolute atomic E-state index is 0.0974. The highest BCUT2D eigenvalue weighted by Gasteiger charge is 2.06. The van der Waals surface area contributed by atoms with Gasteiger partial charge in [-0.15, -0.1) is 0 Å². The van der Waals surface area contributed by atoms with E-state index in [-0.39, 0.29) is 5.56 Å². The molecule has 0 amide bonds. The summed E-state index contributed by atoms with van der Waals surface area (Å²) in [5.74, 6) is 0. The SMILES string of the molecule is O=c1cc(-c2cnc3[nH]ccc3c2)nc2ccccn12. The molecule has 5 heteroatoms. The van der Waals surface area contributed by atoms with E-state index in [0.717, 1.165) is 16.6 Å². The molecule has 0 spiro atoms. The third kappa shape index (κ3) is 1.60. The lowest BCUT2D eigenvalue weighted by molar-refractivity contribution is 1.05. The van der Waals surface area contributed by atoms with Gasteiger partial charge in [0.05, 0.1) is 5.69 Å². The van der Waals surface area contributed by atoms with Gasteiger partial charge in [0.15, 0.2) is 0 Å². The molecular formula is C15H10N4O. The zero-order valence-electron chi connectivity index (χ0n) is 10.4. The van der Waals surface area contributed by atoms with Crippen molar-refractivity contribution in [3.8, 4) is 11.3 Å². The first-order valence-corrected chi connectivity index (χ1v) is 6.23. The van der Waals surface area contributed by atoms with Gasteiger partial charge in [0.25, 0.3) is 5.56 Å². The Morgan fingerprint density at radius 2 is 2.10 bits per heavy atom. The summed E-state index contributed by atoms with van der Waals surface area (Å²) in [4.78, 5) is 24.0. The van der Waals surface area contributed by atoms with Crippen LogP contribution in [0.5, 0.6) is 0 Å². The molecule has 0 fully saturated rings. The van der Waals surface area contributed by atoms with Crippen LogP contribution in [0.15, 0.2) is 59.8 Å². The standard InChI is InChI=1S/C15H10N4O/c20-14-8-12(18-13-3-1-2-6-19(13)14)11-7-10-4-5-16-15(10)17-9-11/h1-9H,(H,16,17). The fourth-order valence-electron chi connectivity index (χ4n) is 2.28. The molecule has 96 valence electrons. The largest absolute Gasteiger partial charge is 0.346 e. The van der Waals surface area contributed by atoms with Crippen LogP contribution >= 0.6 is 0 Å². The van der Waals surface area contributed by atoms with Gasteiger partial charge in [-0.2, -0.15) is 0 Å². The maximum absolute atomic E-state index is 12.1. The number of nitrogens with one attached hydrogen (secondary N) is 1. The maximum Gasteiger partial charge on any atom is 0.258 e. The number of pyridine rings is 2. The van der Waals surface area contributed by atoms with Crippen molar-refractivity contribution in [2.24, 2.45) is 0 Å². The summed E-state index contributed by atoms with van der Waals surface area (Å²) in [6.45, 7) is 0. The van der Waals surface area contributed by atoms with E-state index in [1.54, 1.807) is 12.4 Å². The van der Waals surface area contributed by atoms with Crippen LogP contribution in [0.2, 0.25) is 0 Å². The van der Waals surface area contributed by atoms with Crippen molar-refractivity contribution in [3.05, 3.63) is 65.3 Å². The predicted octanol–water partition coefficient (Wildman–Crippen LogP) is 2.24. The lowest BCUT2D eigenvalue weighted by atomic mass is 10.2. The van der Waals surface area contributed by atoms with Crippen molar-refractivity contribution in [3.63, 3.8) is 0 Å². The number of hydrogen-bond acceptors (Lipinski definition) is 3. The molecule has 0 unspecified atom stereocenters. The van der Waals surface area contributed by atoms with Crippen molar-refractivity contribution in [1.82, 2.24) is 19.4 Å². The van der Waals surface area contributed by atoms with Crippen LogP contribution < -0.4 is 5.56 Å². The van der Waals surface area contributed by atoms with Crippen LogP contribution in [0.25, 0.3) is 27.9 Å². The molecule has 4 aromatic rings. The Labute approximate surface area is 113 Å². The lowest BCUT2D eigenvalue weighted by Gasteiger charge is -2.03. The molecule has 0 aromatic carbocycles.